The van der Waals surface area contributed by atoms with E-state index in [4.69, 9.17) is 16.7 Å². The van der Waals surface area contributed by atoms with Crippen molar-refractivity contribution in [3.8, 4) is 0 Å². The lowest BCUT2D eigenvalue weighted by molar-refractivity contribution is 0.204. The van der Waals surface area contributed by atoms with Crippen molar-refractivity contribution in [1.82, 2.24) is 10.4 Å². The van der Waals surface area contributed by atoms with E-state index in [-0.39, 0.29) is 0 Å². The second kappa shape index (κ2) is 8.97. The predicted octanol–water partition coefficient (Wildman–Crippen LogP) is 1.65. The van der Waals surface area contributed by atoms with Gasteiger partial charge < -0.3 is 21.7 Å². The molecule has 0 saturated carbocycles. The van der Waals surface area contributed by atoms with Crippen molar-refractivity contribution < 1.29 is 10.0 Å². The van der Waals surface area contributed by atoms with Gasteiger partial charge in [0.15, 0.2) is 5.84 Å². The Hall–Kier alpha value is -2.74. The highest BCUT2D eigenvalue weighted by molar-refractivity contribution is 5.97. The third-order valence-corrected chi connectivity index (χ3v) is 5.52. The minimum atomic E-state index is -0.436. The molecule has 8 heteroatoms. The smallest absolute Gasteiger partial charge is 0.316 e. The topological polar surface area (TPSA) is 129 Å². The molecule has 4 rings (SSSR count). The van der Waals surface area contributed by atoms with Crippen molar-refractivity contribution in [3.05, 3.63) is 40.2 Å². The summed E-state index contributed by atoms with van der Waals surface area (Å²) >= 11 is 0. The Morgan fingerprint density at radius 1 is 1.18 bits per heavy atom. The number of benzene rings is 1. The van der Waals surface area contributed by atoms with Gasteiger partial charge in [0.2, 0.25) is 0 Å². The van der Waals surface area contributed by atoms with Gasteiger partial charge in [0, 0.05) is 32.0 Å². The molecule has 1 aromatic carbocycles. The van der Waals surface area contributed by atoms with Gasteiger partial charge >= 0.3 is 6.03 Å². The van der Waals surface area contributed by atoms with Crippen LogP contribution in [-0.4, -0.2) is 42.1 Å². The fourth-order valence-corrected chi connectivity index (χ4v) is 4.26. The maximum Gasteiger partial charge on any atom is 0.316 e. The molecule has 28 heavy (non-hydrogen) atoms. The molecule has 3 aliphatic rings. The average molecular weight is 387 g/mol. The number of nitrogens with one attached hydrogen (secondary N) is 2. The molecule has 0 radical (unpaired) electrons. The lowest BCUT2D eigenvalue weighted by Gasteiger charge is -2.25. The second-order valence-corrected chi connectivity index (χ2v) is 7.40. The first-order chi connectivity index (χ1) is 13.5. The highest BCUT2D eigenvalue weighted by Gasteiger charge is 2.24. The van der Waals surface area contributed by atoms with Gasteiger partial charge in [0.1, 0.15) is 5.70 Å². The van der Waals surface area contributed by atoms with Crippen LogP contribution in [0.3, 0.4) is 0 Å². The van der Waals surface area contributed by atoms with E-state index in [1.54, 1.807) is 0 Å². The van der Waals surface area contributed by atoms with Crippen LogP contribution in [0.25, 0.3) is 0 Å². The van der Waals surface area contributed by atoms with Crippen molar-refractivity contribution in [3.63, 3.8) is 0 Å². The van der Waals surface area contributed by atoms with Gasteiger partial charge in [-0.3, -0.25) is 15.7 Å². The van der Waals surface area contributed by atoms with Crippen molar-refractivity contribution in [2.45, 2.75) is 44.9 Å². The van der Waals surface area contributed by atoms with Crippen molar-refractivity contribution in [2.75, 3.05) is 25.5 Å². The van der Waals surface area contributed by atoms with Crippen LogP contribution >= 0.6 is 0 Å². The van der Waals surface area contributed by atoms with E-state index < -0.39 is 6.03 Å². The molecule has 2 amide bonds. The molecule has 152 valence electrons. The molecule has 0 unspecified atom stereocenters. The van der Waals surface area contributed by atoms with Crippen LogP contribution in [0.5, 0.6) is 0 Å². The zero-order valence-electron chi connectivity index (χ0n) is 16.4. The molecule has 0 fully saturated rings. The molecule has 1 aliphatic heterocycles. The number of primary amides is 1. The first-order valence-electron chi connectivity index (χ1n) is 9.86. The summed E-state index contributed by atoms with van der Waals surface area (Å²) in [4.78, 5) is 17.3. The number of amidine groups is 1. The number of fused-ring (bicyclic) bond motifs is 2. The Kier molecular flexibility index (Phi) is 6.41. The molecule has 1 heterocycles. The van der Waals surface area contributed by atoms with Crippen LogP contribution in [0.4, 0.5) is 10.5 Å². The fourth-order valence-electron chi connectivity index (χ4n) is 4.26. The van der Waals surface area contributed by atoms with Crippen molar-refractivity contribution in [1.29, 1.82) is 0 Å². The van der Waals surface area contributed by atoms with Crippen LogP contribution < -0.4 is 22.3 Å². The summed E-state index contributed by atoms with van der Waals surface area (Å²) in [7, 11) is 1.92. The van der Waals surface area contributed by atoms with E-state index in [2.05, 4.69) is 16.4 Å². The Bertz CT molecular complexity index is 770. The average Bonchev–Trinajstić information content (AvgIpc) is 3.33. The lowest BCUT2D eigenvalue weighted by atomic mass is 9.99. The van der Waals surface area contributed by atoms with Crippen LogP contribution in [0, 0.1) is 0 Å². The molecular weight excluding hydrogens is 356 g/mol. The number of anilines is 1. The van der Waals surface area contributed by atoms with Crippen LogP contribution in [0.15, 0.2) is 23.0 Å². The normalized spacial score (nSPS) is 17.9. The molecule has 0 saturated heterocycles. The van der Waals surface area contributed by atoms with E-state index >= 15 is 0 Å². The summed E-state index contributed by atoms with van der Waals surface area (Å²) in [5, 5.41) is 11.5. The zero-order chi connectivity index (χ0) is 20.1. The van der Waals surface area contributed by atoms with Crippen LogP contribution in [0.2, 0.25) is 0 Å². The number of likely N-dealkylation sites (N-methyl/N-ethyl adjacent to an activating group) is 1. The lowest BCUT2D eigenvalue weighted by Crippen LogP contribution is -2.37. The standard InChI is InChI=1S/C13H16N2O.C7H14N4O/c14-13(16)15-12-10-5-1-3-8(10)7-9-4-2-6-11(9)12;1-11-4-2-3-9-7(11)6(5-8)10-12/h7H,1-6H2,(H3,14,15,16);5,10,12H,2-4,8H2,1H3/b;6-5+. The van der Waals surface area contributed by atoms with Crippen LogP contribution in [0.1, 0.15) is 41.5 Å². The number of carbonyl (C=O) groups is 1. The zero-order valence-corrected chi connectivity index (χ0v) is 16.4. The minimum Gasteiger partial charge on any atom is -0.403 e. The molecule has 8 nitrogen and oxygen atoms in total. The highest BCUT2D eigenvalue weighted by Crippen LogP contribution is 2.38. The Labute approximate surface area is 165 Å². The summed E-state index contributed by atoms with van der Waals surface area (Å²) in [6, 6.07) is 1.91. The fraction of sp³-hybridized carbons (Fsp3) is 0.500. The van der Waals surface area contributed by atoms with Crippen LogP contribution in [-0.2, 0) is 25.7 Å². The number of carbonyl (C=O) groups excluding carboxylic acids is 1. The predicted molar refractivity (Wildman–Crippen MR) is 110 cm³/mol. The summed E-state index contributed by atoms with van der Waals surface area (Å²) in [5.74, 6) is 0.714. The first kappa shape index (κ1) is 20.0. The molecule has 0 spiro atoms. The Balaban J connectivity index is 0.000000169. The second-order valence-electron chi connectivity index (χ2n) is 7.40. The van der Waals surface area contributed by atoms with E-state index in [0.29, 0.717) is 11.5 Å². The number of rotatable bonds is 3. The number of hydrogen-bond donors (Lipinski definition) is 5. The molecule has 7 N–H and O–H groups in total. The molecule has 0 aromatic heterocycles. The van der Waals surface area contributed by atoms with E-state index in [0.717, 1.165) is 50.9 Å². The molecule has 0 bridgehead atoms. The van der Waals surface area contributed by atoms with E-state index in [1.165, 1.54) is 41.3 Å². The monoisotopic (exact) mass is 386 g/mol. The number of amides is 2. The molecule has 2 aliphatic carbocycles. The van der Waals surface area contributed by atoms with Gasteiger partial charge in [0.05, 0.1) is 0 Å². The van der Waals surface area contributed by atoms with Gasteiger partial charge in [-0.1, -0.05) is 6.07 Å². The third-order valence-electron chi connectivity index (χ3n) is 5.52. The van der Waals surface area contributed by atoms with Gasteiger partial charge in [-0.05, 0) is 67.2 Å². The Morgan fingerprint density at radius 3 is 2.32 bits per heavy atom. The Morgan fingerprint density at radius 2 is 1.82 bits per heavy atom. The molecule has 1 aromatic rings. The quantitative estimate of drug-likeness (QED) is 0.505. The largest absolute Gasteiger partial charge is 0.403 e. The number of hydrogen-bond acceptors (Lipinski definition) is 6. The number of nitrogens with zero attached hydrogens (tertiary/aromatic N) is 2. The first-order valence-corrected chi connectivity index (χ1v) is 9.86. The van der Waals surface area contributed by atoms with Crippen molar-refractivity contribution >= 4 is 17.6 Å². The minimum absolute atomic E-state index is 0.436. The SMILES string of the molecule is CN1CCCN=C1/C(=C\N)NO.NC(=O)Nc1c2c(cc3c1CCC3)CCC2. The summed E-state index contributed by atoms with van der Waals surface area (Å²) < 4.78 is 0. The maximum absolute atomic E-state index is 11.1. The summed E-state index contributed by atoms with van der Waals surface area (Å²) in [5.41, 5.74) is 19.6. The van der Waals surface area contributed by atoms with Crippen molar-refractivity contribution in [2.24, 2.45) is 16.5 Å². The summed E-state index contributed by atoms with van der Waals surface area (Å²) in [6.45, 7) is 1.73. The van der Waals surface area contributed by atoms with E-state index in [9.17, 15) is 4.79 Å². The number of aryl methyl sites for hydroxylation is 2. The summed E-state index contributed by atoms with van der Waals surface area (Å²) in [6.07, 6.45) is 9.21. The molecule has 0 atom stereocenters. The van der Waals surface area contributed by atoms with E-state index in [1.807, 2.05) is 17.4 Å². The van der Waals surface area contributed by atoms with Gasteiger partial charge in [-0.25, -0.2) is 4.79 Å². The number of nitrogens with two attached hydrogens (primary N) is 2. The number of hydroxylamine groups is 1. The number of urea groups is 1. The molecular formula is C20H30N6O2. The highest BCUT2D eigenvalue weighted by atomic mass is 16.5. The van der Waals surface area contributed by atoms with Gasteiger partial charge in [0.25, 0.3) is 0 Å². The third kappa shape index (κ3) is 4.22. The van der Waals surface area contributed by atoms with Gasteiger partial charge in [-0.2, -0.15) is 0 Å². The number of aliphatic imine (C=N–C) groups is 1. The van der Waals surface area contributed by atoms with Gasteiger partial charge in [-0.15, -0.1) is 0 Å². The maximum atomic E-state index is 11.1.